The molecule has 1 aromatic rings. The van der Waals surface area contributed by atoms with Gasteiger partial charge in [-0.3, -0.25) is 4.79 Å². The van der Waals surface area contributed by atoms with Gasteiger partial charge in [-0.1, -0.05) is 39.3 Å². The van der Waals surface area contributed by atoms with Crippen LogP contribution in [-0.2, 0) is 0 Å². The summed E-state index contributed by atoms with van der Waals surface area (Å²) in [6.45, 7) is 8.47. The zero-order valence-electron chi connectivity index (χ0n) is 12.8. The van der Waals surface area contributed by atoms with Crippen LogP contribution in [0.4, 0.5) is 0 Å². The Balaban J connectivity index is 2.45. The molecule has 1 saturated carbocycles. The number of hydrogen-bond donors (Lipinski definition) is 0. The molecule has 0 radical (unpaired) electrons. The Morgan fingerprint density at radius 1 is 1.10 bits per heavy atom. The summed E-state index contributed by atoms with van der Waals surface area (Å²) < 4.78 is 10.5. The van der Waals surface area contributed by atoms with Gasteiger partial charge in [-0.2, -0.15) is 0 Å². The summed E-state index contributed by atoms with van der Waals surface area (Å²) in [7, 11) is 3.05. The van der Waals surface area contributed by atoms with E-state index in [1.165, 1.54) is 14.2 Å². The first-order valence-electron chi connectivity index (χ1n) is 6.64. The van der Waals surface area contributed by atoms with E-state index in [1.807, 2.05) is 0 Å². The molecule has 1 aliphatic carbocycles. The molecule has 1 fully saturated rings. The Morgan fingerprint density at radius 3 is 2.05 bits per heavy atom. The quantitative estimate of drug-likeness (QED) is 0.780. The average Bonchev–Trinajstić information content (AvgIpc) is 2.78. The first-order chi connectivity index (χ1) is 9.20. The second kappa shape index (κ2) is 4.66. The SMILES string of the molecule is COc1ccc(C(=O)C2C(C)(C)C2(C)C)c(OC)c1Cl. The molecular weight excluding hydrogens is 276 g/mol. The third-order valence-electron chi connectivity index (χ3n) is 5.03. The molecule has 1 aromatic carbocycles. The van der Waals surface area contributed by atoms with Gasteiger partial charge in [0.25, 0.3) is 0 Å². The van der Waals surface area contributed by atoms with Crippen molar-refractivity contribution < 1.29 is 14.3 Å². The number of rotatable bonds is 4. The molecule has 0 heterocycles. The summed E-state index contributed by atoms with van der Waals surface area (Å²) in [6.07, 6.45) is 0. The number of methoxy groups -OCH3 is 2. The van der Waals surface area contributed by atoms with Crippen LogP contribution in [-0.4, -0.2) is 20.0 Å². The number of ether oxygens (including phenoxy) is 2. The zero-order chi connectivity index (χ0) is 15.3. The summed E-state index contributed by atoms with van der Waals surface area (Å²) in [4.78, 5) is 12.8. The van der Waals surface area contributed by atoms with Crippen molar-refractivity contribution in [2.45, 2.75) is 27.7 Å². The maximum Gasteiger partial charge on any atom is 0.170 e. The normalized spacial score (nSPS) is 19.6. The van der Waals surface area contributed by atoms with E-state index in [-0.39, 0.29) is 22.5 Å². The van der Waals surface area contributed by atoms with Gasteiger partial charge in [-0.15, -0.1) is 0 Å². The topological polar surface area (TPSA) is 35.5 Å². The summed E-state index contributed by atoms with van der Waals surface area (Å²) >= 11 is 6.22. The smallest absolute Gasteiger partial charge is 0.170 e. The largest absolute Gasteiger partial charge is 0.495 e. The third-order valence-corrected chi connectivity index (χ3v) is 5.39. The van der Waals surface area contributed by atoms with Crippen molar-refractivity contribution in [2.24, 2.45) is 16.7 Å². The van der Waals surface area contributed by atoms with Crippen LogP contribution in [0.1, 0.15) is 38.1 Å². The van der Waals surface area contributed by atoms with E-state index in [9.17, 15) is 4.79 Å². The second-order valence-electron chi connectivity index (χ2n) is 6.40. The van der Waals surface area contributed by atoms with Crippen LogP contribution in [0.25, 0.3) is 0 Å². The highest BCUT2D eigenvalue weighted by Crippen LogP contribution is 2.69. The van der Waals surface area contributed by atoms with Crippen LogP contribution in [0, 0.1) is 16.7 Å². The Labute approximate surface area is 125 Å². The molecule has 0 aliphatic heterocycles. The molecule has 0 saturated heterocycles. The summed E-state index contributed by atoms with van der Waals surface area (Å²) in [5, 5.41) is 0.345. The minimum Gasteiger partial charge on any atom is -0.495 e. The van der Waals surface area contributed by atoms with Crippen molar-refractivity contribution in [2.75, 3.05) is 14.2 Å². The van der Waals surface area contributed by atoms with Crippen molar-refractivity contribution in [3.05, 3.63) is 22.7 Å². The number of ketones is 1. The maximum atomic E-state index is 12.8. The average molecular weight is 297 g/mol. The van der Waals surface area contributed by atoms with Gasteiger partial charge in [0, 0.05) is 5.92 Å². The Morgan fingerprint density at radius 2 is 1.65 bits per heavy atom. The van der Waals surface area contributed by atoms with Gasteiger partial charge in [-0.05, 0) is 23.0 Å². The molecule has 0 atom stereocenters. The molecule has 0 N–H and O–H groups in total. The van der Waals surface area contributed by atoms with Crippen LogP contribution in [0.15, 0.2) is 12.1 Å². The fourth-order valence-electron chi connectivity index (χ4n) is 3.10. The third kappa shape index (κ3) is 1.91. The molecule has 110 valence electrons. The summed E-state index contributed by atoms with van der Waals surface area (Å²) in [6, 6.07) is 3.44. The number of benzene rings is 1. The molecule has 2 rings (SSSR count). The Hall–Kier alpha value is -1.22. The molecule has 0 amide bonds. The van der Waals surface area contributed by atoms with Gasteiger partial charge in [0.1, 0.15) is 10.8 Å². The Kier molecular flexibility index (Phi) is 3.53. The predicted octanol–water partition coefficient (Wildman–Crippen LogP) is 4.22. The van der Waals surface area contributed by atoms with E-state index >= 15 is 0 Å². The van der Waals surface area contributed by atoms with Gasteiger partial charge in [0.05, 0.1) is 19.8 Å². The molecule has 0 unspecified atom stereocenters. The fraction of sp³-hybridized carbons (Fsp3) is 0.562. The zero-order valence-corrected chi connectivity index (χ0v) is 13.6. The molecule has 20 heavy (non-hydrogen) atoms. The number of carbonyl (C=O) groups is 1. The number of hydrogen-bond acceptors (Lipinski definition) is 3. The van der Waals surface area contributed by atoms with Crippen LogP contribution in [0.2, 0.25) is 5.02 Å². The lowest BCUT2D eigenvalue weighted by Gasteiger charge is -2.13. The van der Waals surface area contributed by atoms with Crippen LogP contribution in [0.5, 0.6) is 11.5 Å². The van der Waals surface area contributed by atoms with Crippen molar-refractivity contribution in [1.29, 1.82) is 0 Å². The van der Waals surface area contributed by atoms with Gasteiger partial charge in [0.2, 0.25) is 0 Å². The minimum atomic E-state index is -0.0200. The second-order valence-corrected chi connectivity index (χ2v) is 6.78. The lowest BCUT2D eigenvalue weighted by molar-refractivity contribution is 0.0942. The number of carbonyl (C=O) groups excluding carboxylic acids is 1. The molecule has 1 aliphatic rings. The maximum absolute atomic E-state index is 12.8. The van der Waals surface area contributed by atoms with Crippen molar-refractivity contribution >= 4 is 17.4 Å². The summed E-state index contributed by atoms with van der Waals surface area (Å²) in [5.41, 5.74) is 0.505. The Bertz CT molecular complexity index is 547. The van der Waals surface area contributed by atoms with Crippen molar-refractivity contribution in [3.8, 4) is 11.5 Å². The minimum absolute atomic E-state index is 0.0124. The standard InChI is InChI=1S/C16H21ClO3/c1-15(2)14(16(15,3)4)12(18)9-7-8-10(19-5)11(17)13(9)20-6/h7-8,14H,1-6H3. The van der Waals surface area contributed by atoms with E-state index in [2.05, 4.69) is 27.7 Å². The highest BCUT2D eigenvalue weighted by Gasteiger charge is 2.68. The predicted molar refractivity (Wildman–Crippen MR) is 79.9 cm³/mol. The number of halogens is 1. The van der Waals surface area contributed by atoms with Gasteiger partial charge >= 0.3 is 0 Å². The van der Waals surface area contributed by atoms with Crippen LogP contribution < -0.4 is 9.47 Å². The van der Waals surface area contributed by atoms with E-state index in [0.29, 0.717) is 22.1 Å². The van der Waals surface area contributed by atoms with E-state index in [0.717, 1.165) is 0 Å². The van der Waals surface area contributed by atoms with Crippen molar-refractivity contribution in [1.82, 2.24) is 0 Å². The monoisotopic (exact) mass is 296 g/mol. The van der Waals surface area contributed by atoms with Crippen LogP contribution in [0.3, 0.4) is 0 Å². The van der Waals surface area contributed by atoms with Gasteiger partial charge in [-0.25, -0.2) is 0 Å². The first-order valence-corrected chi connectivity index (χ1v) is 7.02. The van der Waals surface area contributed by atoms with Gasteiger partial charge < -0.3 is 9.47 Å². The van der Waals surface area contributed by atoms with E-state index in [1.54, 1.807) is 12.1 Å². The highest BCUT2D eigenvalue weighted by atomic mass is 35.5. The van der Waals surface area contributed by atoms with Crippen LogP contribution >= 0.6 is 11.6 Å². The van der Waals surface area contributed by atoms with Crippen molar-refractivity contribution in [3.63, 3.8) is 0 Å². The van der Waals surface area contributed by atoms with Gasteiger partial charge in [0.15, 0.2) is 11.5 Å². The van der Waals surface area contributed by atoms with E-state index < -0.39 is 0 Å². The van der Waals surface area contributed by atoms with E-state index in [4.69, 9.17) is 21.1 Å². The molecule has 3 nitrogen and oxygen atoms in total. The molecule has 0 aromatic heterocycles. The lowest BCUT2D eigenvalue weighted by atomic mass is 10.00. The molecule has 0 spiro atoms. The number of Topliss-reactive ketones (excluding diaryl/α,β-unsaturated/α-hetero) is 1. The first kappa shape index (κ1) is 15.2. The molecular formula is C16H21ClO3. The molecule has 0 bridgehead atoms. The molecule has 4 heteroatoms. The highest BCUT2D eigenvalue weighted by molar-refractivity contribution is 6.34. The summed E-state index contributed by atoms with van der Waals surface area (Å²) in [5.74, 6) is 0.971. The lowest BCUT2D eigenvalue weighted by Crippen LogP contribution is -2.10. The fourth-order valence-corrected chi connectivity index (χ4v) is 3.42.